The van der Waals surface area contributed by atoms with E-state index in [-0.39, 0.29) is 5.84 Å². The van der Waals surface area contributed by atoms with Gasteiger partial charge < -0.3 is 16.3 Å². The average molecular weight is 171 g/mol. The van der Waals surface area contributed by atoms with Crippen LogP contribution in [0.3, 0.4) is 0 Å². The fourth-order valence-electron chi connectivity index (χ4n) is 1.65. The van der Waals surface area contributed by atoms with Crippen LogP contribution in [0.25, 0.3) is 0 Å². The SMILES string of the molecule is NC(CNCC1CCCC1)=NO. The summed E-state index contributed by atoms with van der Waals surface area (Å²) in [5, 5.41) is 14.3. The second kappa shape index (κ2) is 4.98. The normalized spacial score (nSPS) is 20.2. The first-order valence-corrected chi connectivity index (χ1v) is 4.50. The zero-order valence-corrected chi connectivity index (χ0v) is 7.29. The molecule has 0 spiro atoms. The molecule has 1 saturated carbocycles. The highest BCUT2D eigenvalue weighted by Gasteiger charge is 2.13. The van der Waals surface area contributed by atoms with Crippen molar-refractivity contribution in [1.29, 1.82) is 0 Å². The Balaban J connectivity index is 2.01. The molecule has 12 heavy (non-hydrogen) atoms. The molecule has 0 unspecified atom stereocenters. The Bertz CT molecular complexity index is 152. The quantitative estimate of drug-likeness (QED) is 0.250. The van der Waals surface area contributed by atoms with Crippen LogP contribution in [0.15, 0.2) is 5.16 Å². The standard InChI is InChI=1S/C8H17N3O/c9-8(11-12)6-10-5-7-3-1-2-4-7/h7,10,12H,1-6H2,(H2,9,11). The summed E-state index contributed by atoms with van der Waals surface area (Å²) in [5.74, 6) is 1.06. The van der Waals surface area contributed by atoms with Crippen molar-refractivity contribution in [3.63, 3.8) is 0 Å². The van der Waals surface area contributed by atoms with E-state index in [1.165, 1.54) is 25.7 Å². The Kier molecular flexibility index (Phi) is 3.87. The Morgan fingerprint density at radius 1 is 1.50 bits per heavy atom. The lowest BCUT2D eigenvalue weighted by Crippen LogP contribution is -2.31. The Morgan fingerprint density at radius 2 is 2.17 bits per heavy atom. The molecule has 70 valence electrons. The predicted molar refractivity (Wildman–Crippen MR) is 48.2 cm³/mol. The van der Waals surface area contributed by atoms with E-state index in [9.17, 15) is 0 Å². The van der Waals surface area contributed by atoms with Gasteiger partial charge in [0, 0.05) is 0 Å². The molecule has 0 aromatic carbocycles. The third-order valence-electron chi connectivity index (χ3n) is 2.34. The van der Waals surface area contributed by atoms with Crippen molar-refractivity contribution in [2.45, 2.75) is 25.7 Å². The minimum atomic E-state index is 0.257. The van der Waals surface area contributed by atoms with Crippen LogP contribution in [0.2, 0.25) is 0 Å². The van der Waals surface area contributed by atoms with Crippen LogP contribution in [0, 0.1) is 5.92 Å². The van der Waals surface area contributed by atoms with Crippen molar-refractivity contribution in [1.82, 2.24) is 5.32 Å². The van der Waals surface area contributed by atoms with Crippen LogP contribution in [0.1, 0.15) is 25.7 Å². The molecule has 4 N–H and O–H groups in total. The number of rotatable bonds is 4. The van der Waals surface area contributed by atoms with Gasteiger partial charge in [-0.15, -0.1) is 0 Å². The lowest BCUT2D eigenvalue weighted by atomic mass is 10.1. The van der Waals surface area contributed by atoms with Crippen LogP contribution < -0.4 is 11.1 Å². The summed E-state index contributed by atoms with van der Waals surface area (Å²) in [6, 6.07) is 0. The summed E-state index contributed by atoms with van der Waals surface area (Å²) in [5.41, 5.74) is 5.30. The maximum atomic E-state index is 8.25. The number of oxime groups is 1. The van der Waals surface area contributed by atoms with Gasteiger partial charge in [-0.1, -0.05) is 18.0 Å². The molecule has 1 rings (SSSR count). The molecule has 0 heterocycles. The summed E-state index contributed by atoms with van der Waals surface area (Å²) in [7, 11) is 0. The second-order valence-electron chi connectivity index (χ2n) is 3.37. The maximum Gasteiger partial charge on any atom is 0.153 e. The molecule has 0 aromatic heterocycles. The van der Waals surface area contributed by atoms with Gasteiger partial charge in [0.1, 0.15) is 0 Å². The molecule has 0 aliphatic heterocycles. The van der Waals surface area contributed by atoms with Crippen molar-refractivity contribution in [2.75, 3.05) is 13.1 Å². The van der Waals surface area contributed by atoms with Crippen molar-refractivity contribution in [3.05, 3.63) is 0 Å². The van der Waals surface area contributed by atoms with Gasteiger partial charge >= 0.3 is 0 Å². The zero-order valence-electron chi connectivity index (χ0n) is 7.29. The number of nitrogens with two attached hydrogens (primary N) is 1. The van der Waals surface area contributed by atoms with E-state index in [4.69, 9.17) is 10.9 Å². The first-order chi connectivity index (χ1) is 5.83. The lowest BCUT2D eigenvalue weighted by Gasteiger charge is -2.08. The minimum absolute atomic E-state index is 0.257. The summed E-state index contributed by atoms with van der Waals surface area (Å²) >= 11 is 0. The molecular weight excluding hydrogens is 154 g/mol. The Labute approximate surface area is 72.8 Å². The van der Waals surface area contributed by atoms with Crippen molar-refractivity contribution < 1.29 is 5.21 Å². The van der Waals surface area contributed by atoms with Crippen LogP contribution >= 0.6 is 0 Å². The fraction of sp³-hybridized carbons (Fsp3) is 0.875. The highest BCUT2D eigenvalue weighted by atomic mass is 16.4. The van der Waals surface area contributed by atoms with E-state index < -0.39 is 0 Å². The summed E-state index contributed by atoms with van der Waals surface area (Å²) < 4.78 is 0. The number of nitrogens with one attached hydrogen (secondary N) is 1. The summed E-state index contributed by atoms with van der Waals surface area (Å²) in [6.45, 7) is 1.49. The Hall–Kier alpha value is -0.770. The maximum absolute atomic E-state index is 8.25. The van der Waals surface area contributed by atoms with Gasteiger partial charge in [0.25, 0.3) is 0 Å². The third kappa shape index (κ3) is 3.09. The smallest absolute Gasteiger partial charge is 0.153 e. The van der Waals surface area contributed by atoms with Gasteiger partial charge in [0.2, 0.25) is 0 Å². The highest BCUT2D eigenvalue weighted by molar-refractivity contribution is 5.81. The van der Waals surface area contributed by atoms with Gasteiger partial charge in [-0.05, 0) is 25.3 Å². The number of hydrogen-bond acceptors (Lipinski definition) is 3. The van der Waals surface area contributed by atoms with E-state index >= 15 is 0 Å². The number of nitrogens with zero attached hydrogens (tertiary/aromatic N) is 1. The molecule has 0 bridgehead atoms. The first kappa shape index (κ1) is 9.32. The minimum Gasteiger partial charge on any atom is -0.409 e. The van der Waals surface area contributed by atoms with E-state index in [0.717, 1.165) is 12.5 Å². The number of hydrogen-bond donors (Lipinski definition) is 3. The van der Waals surface area contributed by atoms with Gasteiger partial charge in [-0.25, -0.2) is 0 Å². The van der Waals surface area contributed by atoms with Crippen LogP contribution in [0.5, 0.6) is 0 Å². The van der Waals surface area contributed by atoms with Gasteiger partial charge in [0.15, 0.2) is 5.84 Å². The van der Waals surface area contributed by atoms with E-state index in [1.54, 1.807) is 0 Å². The van der Waals surface area contributed by atoms with Gasteiger partial charge in [-0.2, -0.15) is 0 Å². The predicted octanol–water partition coefficient (Wildman–Crippen LogP) is 0.513. The van der Waals surface area contributed by atoms with Crippen molar-refractivity contribution >= 4 is 5.84 Å². The van der Waals surface area contributed by atoms with E-state index in [0.29, 0.717) is 6.54 Å². The molecule has 1 aliphatic carbocycles. The Morgan fingerprint density at radius 3 is 2.75 bits per heavy atom. The number of amidine groups is 1. The third-order valence-corrected chi connectivity index (χ3v) is 2.34. The zero-order chi connectivity index (χ0) is 8.81. The molecule has 0 radical (unpaired) electrons. The molecule has 4 nitrogen and oxygen atoms in total. The molecule has 0 atom stereocenters. The first-order valence-electron chi connectivity index (χ1n) is 4.50. The van der Waals surface area contributed by atoms with Gasteiger partial charge in [0.05, 0.1) is 6.54 Å². The van der Waals surface area contributed by atoms with Crippen molar-refractivity contribution in [3.8, 4) is 0 Å². The van der Waals surface area contributed by atoms with Crippen LogP contribution in [-0.4, -0.2) is 24.1 Å². The molecule has 1 fully saturated rings. The lowest BCUT2D eigenvalue weighted by molar-refractivity contribution is 0.316. The van der Waals surface area contributed by atoms with Crippen LogP contribution in [0.4, 0.5) is 0 Å². The molecule has 0 saturated heterocycles. The second-order valence-corrected chi connectivity index (χ2v) is 3.37. The van der Waals surface area contributed by atoms with Crippen LogP contribution in [-0.2, 0) is 0 Å². The molecule has 4 heteroatoms. The largest absolute Gasteiger partial charge is 0.409 e. The molecule has 0 amide bonds. The highest BCUT2D eigenvalue weighted by Crippen LogP contribution is 2.23. The van der Waals surface area contributed by atoms with Gasteiger partial charge in [-0.3, -0.25) is 0 Å². The van der Waals surface area contributed by atoms with Crippen molar-refractivity contribution in [2.24, 2.45) is 16.8 Å². The molecule has 0 aromatic rings. The van der Waals surface area contributed by atoms with E-state index in [1.807, 2.05) is 0 Å². The average Bonchev–Trinajstić information content (AvgIpc) is 2.57. The summed E-state index contributed by atoms with van der Waals surface area (Å²) in [6.07, 6.45) is 5.36. The molecular formula is C8H17N3O. The van der Waals surface area contributed by atoms with E-state index in [2.05, 4.69) is 10.5 Å². The molecule has 1 aliphatic rings. The monoisotopic (exact) mass is 171 g/mol. The topological polar surface area (TPSA) is 70.6 Å². The summed E-state index contributed by atoms with van der Waals surface area (Å²) in [4.78, 5) is 0. The fourth-order valence-corrected chi connectivity index (χ4v) is 1.65.